The molecule has 1 aliphatic rings. The SMILES string of the molecule is CC(C)OCCOC(=O)C1CCN(C(=O)c2cccs2)CC1. The molecule has 1 aromatic rings. The molecule has 0 spiro atoms. The van der Waals surface area contributed by atoms with Gasteiger partial charge < -0.3 is 14.4 Å². The first-order valence-electron chi connectivity index (χ1n) is 7.69. The zero-order valence-corrected chi connectivity index (χ0v) is 13.9. The summed E-state index contributed by atoms with van der Waals surface area (Å²) in [5, 5.41) is 1.90. The van der Waals surface area contributed by atoms with Gasteiger partial charge in [-0.15, -0.1) is 11.3 Å². The van der Waals surface area contributed by atoms with E-state index in [0.717, 1.165) is 4.88 Å². The Balaban J connectivity index is 1.70. The van der Waals surface area contributed by atoms with Gasteiger partial charge in [-0.3, -0.25) is 9.59 Å². The van der Waals surface area contributed by atoms with Gasteiger partial charge >= 0.3 is 5.97 Å². The number of esters is 1. The van der Waals surface area contributed by atoms with E-state index in [1.807, 2.05) is 36.3 Å². The number of ether oxygens (including phenoxy) is 2. The lowest BCUT2D eigenvalue weighted by molar-refractivity contribution is -0.152. The lowest BCUT2D eigenvalue weighted by Gasteiger charge is -2.30. The molecule has 0 N–H and O–H groups in total. The van der Waals surface area contributed by atoms with Crippen molar-refractivity contribution in [3.05, 3.63) is 22.4 Å². The van der Waals surface area contributed by atoms with Gasteiger partial charge in [0.05, 0.1) is 23.5 Å². The van der Waals surface area contributed by atoms with Crippen LogP contribution in [0.15, 0.2) is 17.5 Å². The summed E-state index contributed by atoms with van der Waals surface area (Å²) in [7, 11) is 0. The fourth-order valence-electron chi connectivity index (χ4n) is 2.42. The molecule has 22 heavy (non-hydrogen) atoms. The Bertz CT molecular complexity index is 478. The zero-order valence-electron chi connectivity index (χ0n) is 13.1. The van der Waals surface area contributed by atoms with E-state index in [0.29, 0.717) is 39.1 Å². The molecule has 0 aromatic carbocycles. The summed E-state index contributed by atoms with van der Waals surface area (Å²) >= 11 is 1.45. The topological polar surface area (TPSA) is 55.8 Å². The number of hydrogen-bond donors (Lipinski definition) is 0. The van der Waals surface area contributed by atoms with Crippen molar-refractivity contribution in [3.63, 3.8) is 0 Å². The number of likely N-dealkylation sites (tertiary alicyclic amines) is 1. The largest absolute Gasteiger partial charge is 0.463 e. The quantitative estimate of drug-likeness (QED) is 0.596. The van der Waals surface area contributed by atoms with Crippen LogP contribution in [0.25, 0.3) is 0 Å². The number of hydrogen-bond acceptors (Lipinski definition) is 5. The molecule has 1 aromatic heterocycles. The number of carbonyl (C=O) groups is 2. The summed E-state index contributed by atoms with van der Waals surface area (Å²) in [4.78, 5) is 26.8. The van der Waals surface area contributed by atoms with Crippen LogP contribution in [0, 0.1) is 5.92 Å². The number of piperidine rings is 1. The van der Waals surface area contributed by atoms with Crippen molar-refractivity contribution in [2.75, 3.05) is 26.3 Å². The minimum atomic E-state index is -0.171. The highest BCUT2D eigenvalue weighted by molar-refractivity contribution is 7.12. The molecule has 0 radical (unpaired) electrons. The van der Waals surface area contributed by atoms with Crippen molar-refractivity contribution in [1.82, 2.24) is 4.90 Å². The van der Waals surface area contributed by atoms with E-state index in [2.05, 4.69) is 0 Å². The van der Waals surface area contributed by atoms with Crippen molar-refractivity contribution in [3.8, 4) is 0 Å². The molecule has 2 heterocycles. The van der Waals surface area contributed by atoms with Crippen molar-refractivity contribution in [2.45, 2.75) is 32.8 Å². The summed E-state index contributed by atoms with van der Waals surface area (Å²) in [5.74, 6) is -0.214. The maximum absolute atomic E-state index is 12.2. The van der Waals surface area contributed by atoms with Gasteiger partial charge in [0.15, 0.2) is 0 Å². The molecule has 5 nitrogen and oxygen atoms in total. The van der Waals surface area contributed by atoms with Gasteiger partial charge in [0.1, 0.15) is 6.61 Å². The lowest BCUT2D eigenvalue weighted by atomic mass is 9.97. The minimum absolute atomic E-state index is 0.0622. The summed E-state index contributed by atoms with van der Waals surface area (Å²) in [5.41, 5.74) is 0. The van der Waals surface area contributed by atoms with Crippen molar-refractivity contribution < 1.29 is 19.1 Å². The average Bonchev–Trinajstić information content (AvgIpc) is 3.05. The first-order valence-corrected chi connectivity index (χ1v) is 8.57. The number of thiophene rings is 1. The molecule has 0 unspecified atom stereocenters. The highest BCUT2D eigenvalue weighted by Crippen LogP contribution is 2.21. The Kier molecular flexibility index (Phi) is 6.39. The van der Waals surface area contributed by atoms with Crippen LogP contribution in [0.5, 0.6) is 0 Å². The lowest BCUT2D eigenvalue weighted by Crippen LogP contribution is -2.40. The normalized spacial score (nSPS) is 16.0. The smallest absolute Gasteiger partial charge is 0.309 e. The summed E-state index contributed by atoms with van der Waals surface area (Å²) < 4.78 is 10.6. The standard InChI is InChI=1S/C16H23NO4S/c1-12(2)20-9-10-21-16(19)13-5-7-17(8-6-13)15(18)14-4-3-11-22-14/h3-4,11-13H,5-10H2,1-2H3. The van der Waals surface area contributed by atoms with E-state index in [4.69, 9.17) is 9.47 Å². The Labute approximate surface area is 135 Å². The Morgan fingerprint density at radius 3 is 2.64 bits per heavy atom. The van der Waals surface area contributed by atoms with E-state index >= 15 is 0 Å². The van der Waals surface area contributed by atoms with Crippen LogP contribution < -0.4 is 0 Å². The molecule has 122 valence electrons. The number of amides is 1. The van der Waals surface area contributed by atoms with Crippen LogP contribution in [0.3, 0.4) is 0 Å². The predicted molar refractivity (Wildman–Crippen MR) is 85.0 cm³/mol. The summed E-state index contributed by atoms with van der Waals surface area (Å²) in [6.45, 7) is 5.84. The molecule has 1 saturated heterocycles. The van der Waals surface area contributed by atoms with Crippen molar-refractivity contribution >= 4 is 23.2 Å². The fourth-order valence-corrected chi connectivity index (χ4v) is 3.11. The third-order valence-electron chi connectivity index (χ3n) is 3.63. The van der Waals surface area contributed by atoms with Crippen molar-refractivity contribution in [1.29, 1.82) is 0 Å². The third kappa shape index (κ3) is 4.81. The van der Waals surface area contributed by atoms with Gasteiger partial charge in [-0.1, -0.05) is 6.07 Å². The van der Waals surface area contributed by atoms with Gasteiger partial charge in [-0.2, -0.15) is 0 Å². The van der Waals surface area contributed by atoms with Gasteiger partial charge in [-0.25, -0.2) is 0 Å². The molecule has 0 aliphatic carbocycles. The number of rotatable bonds is 6. The number of carbonyl (C=O) groups excluding carboxylic acids is 2. The zero-order chi connectivity index (χ0) is 15.9. The molecule has 1 fully saturated rings. The van der Waals surface area contributed by atoms with Crippen LogP contribution >= 0.6 is 11.3 Å². The van der Waals surface area contributed by atoms with Gasteiger partial charge in [-0.05, 0) is 38.1 Å². The molecule has 0 saturated carbocycles. The van der Waals surface area contributed by atoms with Crippen LogP contribution in [-0.2, 0) is 14.3 Å². The van der Waals surface area contributed by atoms with Gasteiger partial charge in [0.25, 0.3) is 5.91 Å². The molecular weight excluding hydrogens is 302 g/mol. The van der Waals surface area contributed by atoms with Gasteiger partial charge in [0.2, 0.25) is 0 Å². The first kappa shape index (κ1) is 17.0. The fraction of sp³-hybridized carbons (Fsp3) is 0.625. The molecule has 1 amide bonds. The van der Waals surface area contributed by atoms with Gasteiger partial charge in [0, 0.05) is 13.1 Å². The van der Waals surface area contributed by atoms with Crippen LogP contribution in [-0.4, -0.2) is 49.2 Å². The molecule has 1 aliphatic heterocycles. The van der Waals surface area contributed by atoms with Crippen LogP contribution in [0.4, 0.5) is 0 Å². The van der Waals surface area contributed by atoms with E-state index in [9.17, 15) is 9.59 Å². The predicted octanol–water partition coefficient (Wildman–Crippen LogP) is 2.57. The second-order valence-electron chi connectivity index (χ2n) is 5.63. The third-order valence-corrected chi connectivity index (χ3v) is 4.48. The Hall–Kier alpha value is -1.40. The van der Waals surface area contributed by atoms with E-state index < -0.39 is 0 Å². The highest BCUT2D eigenvalue weighted by atomic mass is 32.1. The second kappa shape index (κ2) is 8.29. The minimum Gasteiger partial charge on any atom is -0.463 e. The summed E-state index contributed by atoms with van der Waals surface area (Å²) in [6, 6.07) is 3.71. The average molecular weight is 325 g/mol. The molecular formula is C16H23NO4S. The maximum atomic E-state index is 12.2. The molecule has 2 rings (SSSR count). The monoisotopic (exact) mass is 325 g/mol. The first-order chi connectivity index (χ1) is 10.6. The van der Waals surface area contributed by atoms with E-state index in [1.165, 1.54) is 11.3 Å². The van der Waals surface area contributed by atoms with E-state index in [-0.39, 0.29) is 23.9 Å². The summed E-state index contributed by atoms with van der Waals surface area (Å²) in [6.07, 6.45) is 1.48. The molecule has 0 atom stereocenters. The molecule has 0 bridgehead atoms. The Morgan fingerprint density at radius 1 is 1.32 bits per heavy atom. The van der Waals surface area contributed by atoms with E-state index in [1.54, 1.807) is 0 Å². The van der Waals surface area contributed by atoms with Crippen LogP contribution in [0.2, 0.25) is 0 Å². The van der Waals surface area contributed by atoms with Crippen molar-refractivity contribution in [2.24, 2.45) is 5.92 Å². The van der Waals surface area contributed by atoms with Crippen LogP contribution in [0.1, 0.15) is 36.4 Å². The number of nitrogens with zero attached hydrogens (tertiary/aromatic N) is 1. The highest BCUT2D eigenvalue weighted by Gasteiger charge is 2.29. The maximum Gasteiger partial charge on any atom is 0.309 e. The Morgan fingerprint density at radius 2 is 2.05 bits per heavy atom. The second-order valence-corrected chi connectivity index (χ2v) is 6.58. The molecule has 6 heteroatoms.